The van der Waals surface area contributed by atoms with Crippen LogP contribution in [0.15, 0.2) is 41.8 Å². The number of hydrogen-bond donors (Lipinski definition) is 1. The topological polar surface area (TPSA) is 99.0 Å². The van der Waals surface area contributed by atoms with Gasteiger partial charge in [0.1, 0.15) is 11.9 Å². The molecule has 136 valence electrons. The van der Waals surface area contributed by atoms with Crippen LogP contribution in [0.4, 0.5) is 17.6 Å². The zero-order chi connectivity index (χ0) is 19.5. The summed E-state index contributed by atoms with van der Waals surface area (Å²) in [6.07, 6.45) is -3.17. The van der Waals surface area contributed by atoms with Crippen molar-refractivity contribution in [1.82, 2.24) is 4.98 Å². The van der Waals surface area contributed by atoms with Gasteiger partial charge in [-0.2, -0.15) is 13.2 Å². The first-order valence-electron chi connectivity index (χ1n) is 6.89. The van der Waals surface area contributed by atoms with Crippen LogP contribution in [0.2, 0.25) is 5.02 Å². The minimum Gasteiger partial charge on any atom is -0.481 e. The van der Waals surface area contributed by atoms with E-state index in [1.807, 2.05) is 0 Å². The second kappa shape index (κ2) is 7.59. The van der Waals surface area contributed by atoms with Crippen LogP contribution >= 0.6 is 11.6 Å². The number of nitrogens with zero attached hydrogens (tertiary/aromatic N) is 4. The quantitative estimate of drug-likeness (QED) is 0.345. The summed E-state index contributed by atoms with van der Waals surface area (Å²) in [6, 6.07) is 2.07. The van der Waals surface area contributed by atoms with Crippen LogP contribution < -0.4 is 0 Å². The highest BCUT2D eigenvalue weighted by Crippen LogP contribution is 2.35. The Balaban J connectivity index is 2.69. The van der Waals surface area contributed by atoms with Crippen LogP contribution in [0.25, 0.3) is 10.4 Å². The summed E-state index contributed by atoms with van der Waals surface area (Å²) in [5.74, 6) is -3.91. The van der Waals surface area contributed by atoms with Gasteiger partial charge in [-0.25, -0.2) is 4.39 Å². The van der Waals surface area contributed by atoms with Crippen LogP contribution in [0, 0.1) is 5.82 Å². The maximum Gasteiger partial charge on any atom is 0.417 e. The average Bonchev–Trinajstić information content (AvgIpc) is 2.57. The van der Waals surface area contributed by atoms with E-state index in [2.05, 4.69) is 15.0 Å². The van der Waals surface area contributed by atoms with Gasteiger partial charge in [0.15, 0.2) is 0 Å². The van der Waals surface area contributed by atoms with Crippen molar-refractivity contribution in [1.29, 1.82) is 0 Å². The second-order valence-electron chi connectivity index (χ2n) is 5.14. The van der Waals surface area contributed by atoms with Gasteiger partial charge in [-0.15, -0.1) is 0 Å². The maximum absolute atomic E-state index is 13.8. The van der Waals surface area contributed by atoms with Gasteiger partial charge in [0.25, 0.3) is 0 Å². The lowest BCUT2D eigenvalue weighted by atomic mass is 9.85. The number of aromatic nitrogens is 1. The Morgan fingerprint density at radius 1 is 1.27 bits per heavy atom. The summed E-state index contributed by atoms with van der Waals surface area (Å²) < 4.78 is 52.6. The molecule has 0 aliphatic carbocycles. The molecule has 0 bridgehead atoms. The molecule has 1 heterocycles. The number of carboxylic acids is 1. The smallest absolute Gasteiger partial charge is 0.417 e. The number of rotatable bonds is 5. The molecule has 1 unspecified atom stereocenters. The van der Waals surface area contributed by atoms with Gasteiger partial charge in [0, 0.05) is 23.2 Å². The predicted octanol–water partition coefficient (Wildman–Crippen LogP) is 4.79. The number of benzene rings is 1. The molecule has 1 N–H and O–H groups in total. The molecule has 0 aliphatic heterocycles. The Morgan fingerprint density at radius 2 is 1.96 bits per heavy atom. The van der Waals surface area contributed by atoms with E-state index in [1.165, 1.54) is 6.07 Å². The van der Waals surface area contributed by atoms with Crippen molar-refractivity contribution in [2.45, 2.75) is 18.1 Å². The van der Waals surface area contributed by atoms with Crippen LogP contribution in [0.3, 0.4) is 0 Å². The lowest BCUT2D eigenvalue weighted by molar-refractivity contribution is -0.138. The summed E-state index contributed by atoms with van der Waals surface area (Å²) in [6.45, 7) is 0. The molecular weight excluding hydrogens is 380 g/mol. The molecule has 0 aliphatic rings. The molecule has 11 heteroatoms. The fourth-order valence-corrected chi connectivity index (χ4v) is 2.48. The third-order valence-electron chi connectivity index (χ3n) is 3.49. The van der Waals surface area contributed by atoms with E-state index in [4.69, 9.17) is 17.1 Å². The Kier molecular flexibility index (Phi) is 5.69. The van der Waals surface area contributed by atoms with E-state index in [1.54, 1.807) is 0 Å². The fourth-order valence-electron chi connectivity index (χ4n) is 2.36. The Labute approximate surface area is 148 Å². The van der Waals surface area contributed by atoms with E-state index >= 15 is 0 Å². The van der Waals surface area contributed by atoms with Gasteiger partial charge >= 0.3 is 12.1 Å². The van der Waals surface area contributed by atoms with Gasteiger partial charge in [-0.3, -0.25) is 9.78 Å². The Bertz CT molecular complexity index is 882. The highest BCUT2D eigenvalue weighted by atomic mass is 35.5. The number of halogens is 5. The SMILES string of the molecule is [N-]=[N+]=NC(C(=O)O)[C@H](c1cncc(C(F)(F)F)c1)c1ccc(Cl)c(F)c1. The molecule has 26 heavy (non-hydrogen) atoms. The lowest BCUT2D eigenvalue weighted by Gasteiger charge is -2.22. The fraction of sp³-hybridized carbons (Fsp3) is 0.200. The third-order valence-corrected chi connectivity index (χ3v) is 3.80. The first kappa shape index (κ1) is 19.5. The summed E-state index contributed by atoms with van der Waals surface area (Å²) >= 11 is 5.59. The van der Waals surface area contributed by atoms with Crippen molar-refractivity contribution in [2.24, 2.45) is 5.11 Å². The monoisotopic (exact) mass is 388 g/mol. The summed E-state index contributed by atoms with van der Waals surface area (Å²) in [5, 5.41) is 12.2. The standard InChI is InChI=1S/C15H9ClF4N4O2/c16-10-2-1-7(4-11(10)17)12(13(14(25)26)23-24-21)8-3-9(6-22-5-8)15(18,19)20/h1-6,12-13H,(H,25,26)/t12-,13?/m0/s1. The number of carboxylic acid groups (broad SMARTS) is 1. The normalized spacial score (nSPS) is 13.6. The highest BCUT2D eigenvalue weighted by molar-refractivity contribution is 6.30. The zero-order valence-electron chi connectivity index (χ0n) is 12.7. The van der Waals surface area contributed by atoms with Crippen LogP contribution in [0.1, 0.15) is 22.6 Å². The zero-order valence-corrected chi connectivity index (χ0v) is 13.4. The van der Waals surface area contributed by atoms with E-state index < -0.39 is 35.5 Å². The van der Waals surface area contributed by atoms with Crippen LogP contribution in [-0.4, -0.2) is 22.1 Å². The van der Waals surface area contributed by atoms with Crippen molar-refractivity contribution in [3.63, 3.8) is 0 Å². The molecule has 6 nitrogen and oxygen atoms in total. The van der Waals surface area contributed by atoms with Crippen LogP contribution in [0.5, 0.6) is 0 Å². The number of alkyl halides is 3. The van der Waals surface area contributed by atoms with Crippen molar-refractivity contribution in [2.75, 3.05) is 0 Å². The molecule has 0 radical (unpaired) electrons. The van der Waals surface area contributed by atoms with E-state index in [-0.39, 0.29) is 16.1 Å². The summed E-state index contributed by atoms with van der Waals surface area (Å²) in [7, 11) is 0. The van der Waals surface area contributed by atoms with Crippen LogP contribution in [-0.2, 0) is 11.0 Å². The third kappa shape index (κ3) is 4.22. The first-order chi connectivity index (χ1) is 12.1. The van der Waals surface area contributed by atoms with Crippen molar-refractivity contribution in [3.05, 3.63) is 74.6 Å². The number of azide groups is 1. The van der Waals surface area contributed by atoms with E-state index in [9.17, 15) is 27.5 Å². The molecule has 2 rings (SSSR count). The number of pyridine rings is 1. The predicted molar refractivity (Wildman–Crippen MR) is 83.1 cm³/mol. The molecule has 1 aromatic heterocycles. The van der Waals surface area contributed by atoms with Gasteiger partial charge in [0.05, 0.1) is 10.6 Å². The molecule has 0 fully saturated rings. The lowest BCUT2D eigenvalue weighted by Crippen LogP contribution is -2.27. The molecule has 2 aromatic rings. The minimum absolute atomic E-state index is 0.0344. The van der Waals surface area contributed by atoms with E-state index in [0.717, 1.165) is 18.3 Å². The first-order valence-corrected chi connectivity index (χ1v) is 7.27. The molecule has 2 atom stereocenters. The van der Waals surface area contributed by atoms with Crippen molar-refractivity contribution in [3.8, 4) is 0 Å². The molecular formula is C15H9ClF4N4O2. The highest BCUT2D eigenvalue weighted by Gasteiger charge is 2.35. The Hall–Kier alpha value is -2.84. The Morgan fingerprint density at radius 3 is 2.50 bits per heavy atom. The number of carbonyl (C=O) groups is 1. The van der Waals surface area contributed by atoms with Gasteiger partial charge in [-0.1, -0.05) is 22.8 Å². The van der Waals surface area contributed by atoms with Gasteiger partial charge in [-0.05, 0) is 34.9 Å². The molecule has 0 saturated heterocycles. The summed E-state index contributed by atoms with van der Waals surface area (Å²) in [4.78, 5) is 17.4. The minimum atomic E-state index is -4.73. The van der Waals surface area contributed by atoms with Crippen molar-refractivity contribution >= 4 is 17.6 Å². The molecule has 0 spiro atoms. The molecule has 0 amide bonds. The number of aliphatic carboxylic acids is 1. The average molecular weight is 389 g/mol. The molecule has 0 saturated carbocycles. The molecule has 1 aromatic carbocycles. The maximum atomic E-state index is 13.8. The van der Waals surface area contributed by atoms with Gasteiger partial charge < -0.3 is 5.11 Å². The van der Waals surface area contributed by atoms with Crippen molar-refractivity contribution < 1.29 is 27.5 Å². The summed E-state index contributed by atoms with van der Waals surface area (Å²) in [5.41, 5.74) is 7.25. The number of hydrogen-bond acceptors (Lipinski definition) is 3. The second-order valence-corrected chi connectivity index (χ2v) is 5.55. The van der Waals surface area contributed by atoms with Gasteiger partial charge in [0.2, 0.25) is 0 Å². The van der Waals surface area contributed by atoms with E-state index in [0.29, 0.717) is 12.3 Å². The largest absolute Gasteiger partial charge is 0.481 e.